The Morgan fingerprint density at radius 2 is 1.65 bits per heavy atom. The van der Waals surface area contributed by atoms with Gasteiger partial charge in [-0.25, -0.2) is 12.7 Å². The SMILES string of the molecule is CCCC(=O)Oc1ccc(N(C(=O)CCC)S(=O)(=O)c2cc([N+](=O)[O-])ccc2C)cc1. The fourth-order valence-electron chi connectivity index (χ4n) is 2.85. The molecule has 0 heterocycles. The van der Waals surface area contributed by atoms with Crippen molar-refractivity contribution in [3.8, 4) is 5.75 Å². The summed E-state index contributed by atoms with van der Waals surface area (Å²) < 4.78 is 32.6. The van der Waals surface area contributed by atoms with Gasteiger partial charge in [-0.2, -0.15) is 0 Å². The van der Waals surface area contributed by atoms with Gasteiger partial charge in [-0.15, -0.1) is 0 Å². The molecular weight excluding hydrogens is 424 g/mol. The number of carbonyl (C=O) groups excluding carboxylic acids is 2. The second kappa shape index (κ2) is 10.2. The summed E-state index contributed by atoms with van der Waals surface area (Å²) in [4.78, 5) is 34.5. The lowest BCUT2D eigenvalue weighted by molar-refractivity contribution is -0.385. The zero-order valence-corrected chi connectivity index (χ0v) is 18.3. The van der Waals surface area contributed by atoms with Crippen LogP contribution in [-0.2, 0) is 19.6 Å². The minimum absolute atomic E-state index is 0.0412. The number of amides is 1. The molecule has 0 saturated heterocycles. The van der Waals surface area contributed by atoms with Crippen LogP contribution >= 0.6 is 0 Å². The number of nitro benzene ring substituents is 1. The minimum Gasteiger partial charge on any atom is -0.427 e. The summed E-state index contributed by atoms with van der Waals surface area (Å²) in [7, 11) is -4.44. The van der Waals surface area contributed by atoms with Crippen molar-refractivity contribution in [3.05, 3.63) is 58.1 Å². The van der Waals surface area contributed by atoms with Crippen molar-refractivity contribution in [3.63, 3.8) is 0 Å². The highest BCUT2D eigenvalue weighted by molar-refractivity contribution is 7.93. The molecule has 10 heteroatoms. The van der Waals surface area contributed by atoms with Gasteiger partial charge in [0, 0.05) is 25.0 Å². The highest BCUT2D eigenvalue weighted by Crippen LogP contribution is 2.30. The predicted molar refractivity (Wildman–Crippen MR) is 114 cm³/mol. The van der Waals surface area contributed by atoms with Crippen molar-refractivity contribution >= 4 is 33.3 Å². The van der Waals surface area contributed by atoms with E-state index in [0.717, 1.165) is 6.07 Å². The topological polar surface area (TPSA) is 124 Å². The monoisotopic (exact) mass is 448 g/mol. The highest BCUT2D eigenvalue weighted by Gasteiger charge is 2.33. The van der Waals surface area contributed by atoms with Crippen LogP contribution in [0.4, 0.5) is 11.4 Å². The molecule has 2 rings (SSSR count). The third-order valence-electron chi connectivity index (χ3n) is 4.35. The zero-order valence-electron chi connectivity index (χ0n) is 17.5. The van der Waals surface area contributed by atoms with Gasteiger partial charge in [0.25, 0.3) is 15.7 Å². The Morgan fingerprint density at radius 3 is 2.19 bits per heavy atom. The Kier molecular flexibility index (Phi) is 7.87. The summed E-state index contributed by atoms with van der Waals surface area (Å²) in [5.41, 5.74) is -0.0880. The second-order valence-electron chi connectivity index (χ2n) is 6.84. The van der Waals surface area contributed by atoms with E-state index in [1.165, 1.54) is 43.3 Å². The van der Waals surface area contributed by atoms with Crippen molar-refractivity contribution < 1.29 is 27.7 Å². The van der Waals surface area contributed by atoms with E-state index in [4.69, 9.17) is 4.74 Å². The van der Waals surface area contributed by atoms with Crippen LogP contribution in [0.15, 0.2) is 47.4 Å². The van der Waals surface area contributed by atoms with Gasteiger partial charge >= 0.3 is 5.97 Å². The number of non-ortho nitro benzene ring substituents is 1. The van der Waals surface area contributed by atoms with Crippen molar-refractivity contribution in [1.82, 2.24) is 0 Å². The normalized spacial score (nSPS) is 11.1. The van der Waals surface area contributed by atoms with E-state index in [2.05, 4.69) is 0 Å². The molecule has 0 radical (unpaired) electrons. The Hall–Kier alpha value is -3.27. The lowest BCUT2D eigenvalue weighted by atomic mass is 10.2. The Labute approximate surface area is 180 Å². The van der Waals surface area contributed by atoms with Crippen LogP contribution in [0.3, 0.4) is 0 Å². The maximum absolute atomic E-state index is 13.4. The van der Waals surface area contributed by atoms with Crippen LogP contribution in [0.25, 0.3) is 0 Å². The van der Waals surface area contributed by atoms with Gasteiger partial charge in [0.1, 0.15) is 5.75 Å². The fraction of sp³-hybridized carbons (Fsp3) is 0.333. The molecule has 0 aliphatic heterocycles. The number of rotatable bonds is 9. The van der Waals surface area contributed by atoms with Crippen LogP contribution in [-0.4, -0.2) is 25.2 Å². The Morgan fingerprint density at radius 1 is 1.03 bits per heavy atom. The molecule has 0 unspecified atom stereocenters. The number of carbonyl (C=O) groups is 2. The van der Waals surface area contributed by atoms with Crippen LogP contribution in [0.2, 0.25) is 0 Å². The molecule has 0 aromatic heterocycles. The lowest BCUT2D eigenvalue weighted by Gasteiger charge is -2.23. The zero-order chi connectivity index (χ0) is 23.2. The van der Waals surface area contributed by atoms with Crippen LogP contribution in [0.1, 0.15) is 45.1 Å². The van der Waals surface area contributed by atoms with E-state index in [-0.39, 0.29) is 34.7 Å². The van der Waals surface area contributed by atoms with Crippen LogP contribution < -0.4 is 9.04 Å². The molecule has 0 saturated carbocycles. The minimum atomic E-state index is -4.44. The first kappa shape index (κ1) is 24.0. The number of nitrogens with zero attached hydrogens (tertiary/aromatic N) is 2. The van der Waals surface area contributed by atoms with Gasteiger partial charge in [-0.05, 0) is 49.6 Å². The van der Waals surface area contributed by atoms with Crippen molar-refractivity contribution in [2.75, 3.05) is 4.31 Å². The first-order chi connectivity index (χ1) is 14.6. The average Bonchev–Trinajstić information content (AvgIpc) is 2.69. The molecule has 1 amide bonds. The number of esters is 1. The summed E-state index contributed by atoms with van der Waals surface area (Å²) in [5, 5.41) is 11.1. The number of ether oxygens (including phenoxy) is 1. The fourth-order valence-corrected chi connectivity index (χ4v) is 4.55. The molecule has 31 heavy (non-hydrogen) atoms. The Bertz CT molecular complexity index is 1080. The molecule has 2 aromatic carbocycles. The maximum atomic E-state index is 13.4. The number of anilines is 1. The number of hydrogen-bond donors (Lipinski definition) is 0. The quantitative estimate of drug-likeness (QED) is 0.244. The smallest absolute Gasteiger partial charge is 0.311 e. The van der Waals surface area contributed by atoms with Crippen molar-refractivity contribution in [2.24, 2.45) is 0 Å². The van der Waals surface area contributed by atoms with Gasteiger partial charge in [0.05, 0.1) is 15.5 Å². The van der Waals surface area contributed by atoms with E-state index in [1.807, 2.05) is 6.92 Å². The summed E-state index contributed by atoms with van der Waals surface area (Å²) in [6, 6.07) is 8.96. The predicted octanol–water partition coefficient (Wildman–Crippen LogP) is 4.13. The molecule has 0 aliphatic carbocycles. The molecule has 0 fully saturated rings. The second-order valence-corrected chi connectivity index (χ2v) is 8.59. The number of hydrogen-bond acceptors (Lipinski definition) is 7. The van der Waals surface area contributed by atoms with Crippen LogP contribution in [0, 0.1) is 17.0 Å². The number of sulfonamides is 1. The molecule has 9 nitrogen and oxygen atoms in total. The molecule has 0 N–H and O–H groups in total. The number of aryl methyl sites for hydroxylation is 1. The third-order valence-corrected chi connectivity index (χ3v) is 6.24. The van der Waals surface area contributed by atoms with Crippen molar-refractivity contribution in [1.29, 1.82) is 0 Å². The number of benzene rings is 2. The third kappa shape index (κ3) is 5.66. The number of nitro groups is 1. The van der Waals surface area contributed by atoms with Gasteiger partial charge < -0.3 is 4.74 Å². The van der Waals surface area contributed by atoms with Gasteiger partial charge in [-0.1, -0.05) is 19.9 Å². The molecule has 166 valence electrons. The molecule has 0 atom stereocenters. The van der Waals surface area contributed by atoms with E-state index in [1.54, 1.807) is 6.92 Å². The lowest BCUT2D eigenvalue weighted by Crippen LogP contribution is -2.37. The Balaban J connectivity index is 2.52. The highest BCUT2D eigenvalue weighted by atomic mass is 32.2. The largest absolute Gasteiger partial charge is 0.427 e. The van der Waals surface area contributed by atoms with E-state index < -0.39 is 32.5 Å². The summed E-state index contributed by atoms with van der Waals surface area (Å²) in [6.07, 6.45) is 1.23. The first-order valence-corrected chi connectivity index (χ1v) is 11.2. The van der Waals surface area contributed by atoms with Gasteiger partial charge in [0.15, 0.2) is 0 Å². The van der Waals surface area contributed by atoms with E-state index in [0.29, 0.717) is 17.1 Å². The van der Waals surface area contributed by atoms with Crippen LogP contribution in [0.5, 0.6) is 5.75 Å². The van der Waals surface area contributed by atoms with Crippen molar-refractivity contribution in [2.45, 2.75) is 51.3 Å². The maximum Gasteiger partial charge on any atom is 0.311 e. The first-order valence-electron chi connectivity index (χ1n) is 9.75. The summed E-state index contributed by atoms with van der Waals surface area (Å²) in [6.45, 7) is 5.06. The standard InChI is InChI=1S/C21H24N2O7S/c1-4-6-20(24)22(16-10-12-18(13-11-16)30-21(25)7-5-2)31(28,29)19-14-17(23(26)27)9-8-15(19)3/h8-14H,4-7H2,1-3H3. The van der Waals surface area contributed by atoms with E-state index in [9.17, 15) is 28.1 Å². The van der Waals surface area contributed by atoms with Gasteiger partial charge in [-0.3, -0.25) is 19.7 Å². The van der Waals surface area contributed by atoms with E-state index >= 15 is 0 Å². The molecule has 0 spiro atoms. The molecular formula is C21H24N2O7S. The average molecular weight is 448 g/mol. The molecule has 0 aliphatic rings. The summed E-state index contributed by atoms with van der Waals surface area (Å²) in [5.74, 6) is -0.882. The molecule has 0 bridgehead atoms. The summed E-state index contributed by atoms with van der Waals surface area (Å²) >= 11 is 0. The molecule has 2 aromatic rings. The van der Waals surface area contributed by atoms with Gasteiger partial charge in [0.2, 0.25) is 5.91 Å².